The van der Waals surface area contributed by atoms with Gasteiger partial charge in [-0.15, -0.1) is 0 Å². The summed E-state index contributed by atoms with van der Waals surface area (Å²) in [7, 11) is 0. The summed E-state index contributed by atoms with van der Waals surface area (Å²) in [6.45, 7) is 4.61. The zero-order valence-electron chi connectivity index (χ0n) is 18.7. The zero-order chi connectivity index (χ0) is 19.6. The molecule has 0 aromatic heterocycles. The molecule has 1 saturated carbocycles. The summed E-state index contributed by atoms with van der Waals surface area (Å²) >= 11 is 0. The minimum atomic E-state index is 0.296. The molecule has 1 amide bonds. The van der Waals surface area contributed by atoms with Crippen LogP contribution in [0.2, 0.25) is 0 Å². The molecule has 0 heterocycles. The fourth-order valence-electron chi connectivity index (χ4n) is 4.36. The van der Waals surface area contributed by atoms with Crippen molar-refractivity contribution in [2.75, 3.05) is 0 Å². The van der Waals surface area contributed by atoms with Crippen LogP contribution in [-0.2, 0) is 4.79 Å². The van der Waals surface area contributed by atoms with Crippen molar-refractivity contribution in [1.29, 1.82) is 0 Å². The SMILES string of the molecule is CCCCCCCCCCCCCCCCCC(=O)NC1CCC(C)CC1. The summed E-state index contributed by atoms with van der Waals surface area (Å²) in [5.74, 6) is 1.15. The van der Waals surface area contributed by atoms with Gasteiger partial charge in [0, 0.05) is 12.5 Å². The Morgan fingerprint density at radius 1 is 0.667 bits per heavy atom. The quantitative estimate of drug-likeness (QED) is 0.255. The van der Waals surface area contributed by atoms with Crippen LogP contribution in [0.15, 0.2) is 0 Å². The second-order valence-electron chi connectivity index (χ2n) is 9.22. The Bertz CT molecular complexity index is 333. The predicted octanol–water partition coefficient (Wildman–Crippen LogP) is 7.94. The molecule has 0 unspecified atom stereocenters. The molecule has 1 aliphatic carbocycles. The maximum atomic E-state index is 12.0. The van der Waals surface area contributed by atoms with E-state index in [0.29, 0.717) is 11.9 Å². The van der Waals surface area contributed by atoms with E-state index >= 15 is 0 Å². The first-order valence-corrected chi connectivity index (χ1v) is 12.5. The Morgan fingerprint density at radius 3 is 1.52 bits per heavy atom. The molecule has 1 rings (SSSR count). The highest BCUT2D eigenvalue weighted by Gasteiger charge is 2.19. The molecule has 0 aliphatic heterocycles. The third kappa shape index (κ3) is 15.1. The highest BCUT2D eigenvalue weighted by atomic mass is 16.1. The van der Waals surface area contributed by atoms with Gasteiger partial charge in [-0.05, 0) is 38.0 Å². The van der Waals surface area contributed by atoms with E-state index < -0.39 is 0 Å². The number of hydrogen-bond acceptors (Lipinski definition) is 1. The van der Waals surface area contributed by atoms with E-state index in [9.17, 15) is 4.79 Å². The fourth-order valence-corrected chi connectivity index (χ4v) is 4.36. The predicted molar refractivity (Wildman–Crippen MR) is 119 cm³/mol. The van der Waals surface area contributed by atoms with Gasteiger partial charge in [0.2, 0.25) is 5.91 Å². The largest absolute Gasteiger partial charge is 0.353 e. The van der Waals surface area contributed by atoms with Crippen molar-refractivity contribution in [2.24, 2.45) is 5.92 Å². The molecule has 0 spiro atoms. The number of rotatable bonds is 17. The number of nitrogens with one attached hydrogen (secondary N) is 1. The van der Waals surface area contributed by atoms with Gasteiger partial charge in [-0.3, -0.25) is 4.79 Å². The number of unbranched alkanes of at least 4 members (excludes halogenated alkanes) is 14. The van der Waals surface area contributed by atoms with Gasteiger partial charge in [0.05, 0.1) is 0 Å². The van der Waals surface area contributed by atoms with Crippen molar-refractivity contribution >= 4 is 5.91 Å². The van der Waals surface area contributed by atoms with Gasteiger partial charge in [-0.1, -0.05) is 104 Å². The Hall–Kier alpha value is -0.530. The van der Waals surface area contributed by atoms with Crippen LogP contribution in [0.5, 0.6) is 0 Å². The van der Waals surface area contributed by atoms with Crippen LogP contribution >= 0.6 is 0 Å². The third-order valence-corrected chi connectivity index (χ3v) is 6.39. The smallest absolute Gasteiger partial charge is 0.220 e. The van der Waals surface area contributed by atoms with Gasteiger partial charge in [0.15, 0.2) is 0 Å². The van der Waals surface area contributed by atoms with E-state index in [1.165, 1.54) is 116 Å². The molecule has 160 valence electrons. The van der Waals surface area contributed by atoms with Crippen LogP contribution in [0.1, 0.15) is 142 Å². The van der Waals surface area contributed by atoms with Crippen LogP contribution in [0.4, 0.5) is 0 Å². The molecule has 2 nitrogen and oxygen atoms in total. The summed E-state index contributed by atoms with van der Waals surface area (Å²) in [5.41, 5.74) is 0. The summed E-state index contributed by atoms with van der Waals surface area (Å²) < 4.78 is 0. The minimum Gasteiger partial charge on any atom is -0.353 e. The Balaban J connectivity index is 1.75. The zero-order valence-corrected chi connectivity index (χ0v) is 18.7. The second-order valence-corrected chi connectivity index (χ2v) is 9.22. The summed E-state index contributed by atoms with van der Waals surface area (Å²) in [6, 6.07) is 0.463. The van der Waals surface area contributed by atoms with E-state index in [-0.39, 0.29) is 0 Å². The number of carbonyl (C=O) groups excluding carboxylic acids is 1. The average molecular weight is 380 g/mol. The van der Waals surface area contributed by atoms with Crippen molar-refractivity contribution in [2.45, 2.75) is 148 Å². The van der Waals surface area contributed by atoms with Gasteiger partial charge in [-0.25, -0.2) is 0 Å². The Kier molecular flexibility index (Phi) is 15.9. The standard InChI is InChI=1S/C25H49NO/c1-3-4-5-6-7-8-9-10-11-12-13-14-15-16-17-18-25(27)26-24-21-19-23(2)20-22-24/h23-24H,3-22H2,1-2H3,(H,26,27). The van der Waals surface area contributed by atoms with Crippen molar-refractivity contribution in [3.63, 3.8) is 0 Å². The molecule has 1 N–H and O–H groups in total. The molecule has 0 aromatic carbocycles. The highest BCUT2D eigenvalue weighted by molar-refractivity contribution is 5.76. The van der Waals surface area contributed by atoms with Crippen molar-refractivity contribution in [3.05, 3.63) is 0 Å². The molecular weight excluding hydrogens is 330 g/mol. The molecule has 1 fully saturated rings. The van der Waals surface area contributed by atoms with Crippen LogP contribution in [0.3, 0.4) is 0 Å². The highest BCUT2D eigenvalue weighted by Crippen LogP contribution is 2.23. The van der Waals surface area contributed by atoms with Crippen LogP contribution in [-0.4, -0.2) is 11.9 Å². The van der Waals surface area contributed by atoms with E-state index in [1.54, 1.807) is 0 Å². The fraction of sp³-hybridized carbons (Fsp3) is 0.960. The van der Waals surface area contributed by atoms with Crippen LogP contribution < -0.4 is 5.32 Å². The average Bonchev–Trinajstić information content (AvgIpc) is 2.66. The lowest BCUT2D eigenvalue weighted by Gasteiger charge is -2.26. The lowest BCUT2D eigenvalue weighted by atomic mass is 9.87. The summed E-state index contributed by atoms with van der Waals surface area (Å²) in [6.07, 6.45) is 26.3. The monoisotopic (exact) mass is 379 g/mol. The van der Waals surface area contributed by atoms with Gasteiger partial charge in [-0.2, -0.15) is 0 Å². The summed E-state index contributed by atoms with van der Waals surface area (Å²) in [5, 5.41) is 3.25. The first-order chi connectivity index (χ1) is 13.2. The first kappa shape index (κ1) is 24.5. The van der Waals surface area contributed by atoms with Crippen molar-refractivity contribution < 1.29 is 4.79 Å². The molecule has 2 heteroatoms. The maximum absolute atomic E-state index is 12.0. The molecule has 0 radical (unpaired) electrons. The maximum Gasteiger partial charge on any atom is 0.220 e. The Labute approximate surface area is 170 Å². The molecule has 0 atom stereocenters. The van der Waals surface area contributed by atoms with Crippen LogP contribution in [0, 0.1) is 5.92 Å². The topological polar surface area (TPSA) is 29.1 Å². The van der Waals surface area contributed by atoms with Gasteiger partial charge in [0.1, 0.15) is 0 Å². The first-order valence-electron chi connectivity index (χ1n) is 12.5. The number of amides is 1. The lowest BCUT2D eigenvalue weighted by molar-refractivity contribution is -0.122. The lowest BCUT2D eigenvalue weighted by Crippen LogP contribution is -2.37. The molecule has 0 bridgehead atoms. The normalized spacial score (nSPS) is 19.9. The third-order valence-electron chi connectivity index (χ3n) is 6.39. The summed E-state index contributed by atoms with van der Waals surface area (Å²) in [4.78, 5) is 12.0. The van der Waals surface area contributed by atoms with E-state index in [2.05, 4.69) is 19.2 Å². The van der Waals surface area contributed by atoms with Gasteiger partial charge in [0.25, 0.3) is 0 Å². The van der Waals surface area contributed by atoms with E-state index in [0.717, 1.165) is 18.8 Å². The molecule has 0 aromatic rings. The molecular formula is C25H49NO. The van der Waals surface area contributed by atoms with Gasteiger partial charge < -0.3 is 5.32 Å². The van der Waals surface area contributed by atoms with Crippen molar-refractivity contribution in [1.82, 2.24) is 5.32 Å². The molecule has 27 heavy (non-hydrogen) atoms. The van der Waals surface area contributed by atoms with Crippen molar-refractivity contribution in [3.8, 4) is 0 Å². The van der Waals surface area contributed by atoms with E-state index in [1.807, 2.05) is 0 Å². The Morgan fingerprint density at radius 2 is 1.07 bits per heavy atom. The van der Waals surface area contributed by atoms with Gasteiger partial charge >= 0.3 is 0 Å². The van der Waals surface area contributed by atoms with Crippen LogP contribution in [0.25, 0.3) is 0 Å². The molecule has 1 aliphatic rings. The second kappa shape index (κ2) is 17.6. The molecule has 0 saturated heterocycles. The minimum absolute atomic E-state index is 0.296. The number of carbonyl (C=O) groups is 1. The van der Waals surface area contributed by atoms with E-state index in [4.69, 9.17) is 0 Å². The number of hydrogen-bond donors (Lipinski definition) is 1.